The molecule has 0 aliphatic heterocycles. The zero-order valence-electron chi connectivity index (χ0n) is 8.61. The average molecular weight is 229 g/mol. The fourth-order valence-electron chi connectivity index (χ4n) is 1.33. The Bertz CT molecular complexity index is 434. The van der Waals surface area contributed by atoms with Gasteiger partial charge in [0.25, 0.3) is 0 Å². The first-order valence-corrected chi connectivity index (χ1v) is 9.40. The van der Waals surface area contributed by atoms with E-state index in [1.54, 1.807) is 12.1 Å². The minimum atomic E-state index is -3.58. The smallest absolute Gasteiger partial charge is 0.225 e. The molecule has 5 heteroatoms. The SMILES string of the molecule is C[Si](C)(C)c1ccccc1S(N)(=O)=O. The molecule has 3 nitrogen and oxygen atoms in total. The summed E-state index contributed by atoms with van der Waals surface area (Å²) in [6.45, 7) is 6.28. The number of hydrogen-bond donors (Lipinski definition) is 1. The van der Waals surface area contributed by atoms with E-state index in [9.17, 15) is 8.42 Å². The average Bonchev–Trinajstić information content (AvgIpc) is 2.01. The summed E-state index contributed by atoms with van der Waals surface area (Å²) >= 11 is 0. The Morgan fingerprint density at radius 1 is 1.14 bits per heavy atom. The lowest BCUT2D eigenvalue weighted by molar-refractivity contribution is 0.598. The Morgan fingerprint density at radius 3 is 2.00 bits per heavy atom. The molecule has 2 N–H and O–H groups in total. The maximum Gasteiger partial charge on any atom is 0.237 e. The molecule has 0 saturated carbocycles. The predicted octanol–water partition coefficient (Wildman–Crippen LogP) is 0.879. The van der Waals surface area contributed by atoms with E-state index in [0.29, 0.717) is 0 Å². The van der Waals surface area contributed by atoms with Crippen molar-refractivity contribution in [1.29, 1.82) is 0 Å². The maximum absolute atomic E-state index is 11.3. The van der Waals surface area contributed by atoms with Crippen LogP contribution in [0, 0.1) is 0 Å². The third-order valence-corrected chi connectivity index (χ3v) is 5.20. The molecule has 0 aliphatic carbocycles. The topological polar surface area (TPSA) is 60.2 Å². The quantitative estimate of drug-likeness (QED) is 0.765. The summed E-state index contributed by atoms with van der Waals surface area (Å²) in [6.07, 6.45) is 0. The summed E-state index contributed by atoms with van der Waals surface area (Å²) in [5.41, 5.74) is 0. The van der Waals surface area contributed by atoms with Crippen LogP contribution in [0.3, 0.4) is 0 Å². The van der Waals surface area contributed by atoms with Crippen LogP contribution in [0.4, 0.5) is 0 Å². The van der Waals surface area contributed by atoms with Gasteiger partial charge >= 0.3 is 0 Å². The fourth-order valence-corrected chi connectivity index (χ4v) is 4.74. The van der Waals surface area contributed by atoms with Crippen molar-refractivity contribution in [3.05, 3.63) is 24.3 Å². The lowest BCUT2D eigenvalue weighted by atomic mass is 10.4. The van der Waals surface area contributed by atoms with Crippen molar-refractivity contribution in [2.45, 2.75) is 24.5 Å². The van der Waals surface area contributed by atoms with Gasteiger partial charge in [0.2, 0.25) is 10.0 Å². The molecular weight excluding hydrogens is 214 g/mol. The molecule has 0 bridgehead atoms. The number of nitrogens with two attached hydrogens (primary N) is 1. The molecule has 0 spiro atoms. The van der Waals surface area contributed by atoms with E-state index in [4.69, 9.17) is 5.14 Å². The van der Waals surface area contributed by atoms with Crippen LogP contribution in [0.25, 0.3) is 0 Å². The highest BCUT2D eigenvalue weighted by molar-refractivity contribution is 7.89. The molecule has 78 valence electrons. The highest BCUT2D eigenvalue weighted by Crippen LogP contribution is 2.10. The van der Waals surface area contributed by atoms with Crippen molar-refractivity contribution in [1.82, 2.24) is 0 Å². The molecule has 0 aliphatic rings. The molecule has 1 aromatic carbocycles. The number of rotatable bonds is 2. The van der Waals surface area contributed by atoms with E-state index in [2.05, 4.69) is 19.6 Å². The van der Waals surface area contributed by atoms with Gasteiger partial charge in [0.1, 0.15) is 0 Å². The Hall–Kier alpha value is -0.653. The maximum atomic E-state index is 11.3. The zero-order valence-corrected chi connectivity index (χ0v) is 10.4. The number of benzene rings is 1. The zero-order chi connectivity index (χ0) is 11.0. The molecule has 0 heterocycles. The first-order chi connectivity index (χ1) is 6.23. The first-order valence-electron chi connectivity index (χ1n) is 4.35. The standard InChI is InChI=1S/C9H15NO2SSi/c1-14(2,3)9-7-5-4-6-8(9)13(10,11)12/h4-7H,1-3H3,(H2,10,11,12). The second kappa shape index (κ2) is 3.49. The Kier molecular flexibility index (Phi) is 2.85. The third-order valence-electron chi connectivity index (χ3n) is 2.00. The van der Waals surface area contributed by atoms with Crippen molar-refractivity contribution in [3.63, 3.8) is 0 Å². The van der Waals surface area contributed by atoms with E-state index in [1.165, 1.54) is 0 Å². The molecule has 0 fully saturated rings. The highest BCUT2D eigenvalue weighted by atomic mass is 32.2. The second-order valence-electron chi connectivity index (χ2n) is 4.29. The largest absolute Gasteiger partial charge is 0.237 e. The molecule has 1 rings (SSSR count). The van der Waals surface area contributed by atoms with Crippen LogP contribution in [0.5, 0.6) is 0 Å². The van der Waals surface area contributed by atoms with Crippen LogP contribution in [0.2, 0.25) is 19.6 Å². The first kappa shape index (κ1) is 11.4. The molecule has 0 atom stereocenters. The normalized spacial score (nSPS) is 12.9. The summed E-state index contributed by atoms with van der Waals surface area (Å²) < 4.78 is 22.6. The van der Waals surface area contributed by atoms with E-state index in [0.717, 1.165) is 5.19 Å². The van der Waals surface area contributed by atoms with Gasteiger partial charge in [-0.1, -0.05) is 37.8 Å². The van der Waals surface area contributed by atoms with E-state index in [-0.39, 0.29) is 4.90 Å². The predicted molar refractivity (Wildman–Crippen MR) is 60.8 cm³/mol. The van der Waals surface area contributed by atoms with Crippen LogP contribution in [-0.2, 0) is 10.0 Å². The van der Waals surface area contributed by atoms with Crippen LogP contribution < -0.4 is 10.3 Å². The Balaban J connectivity index is 3.47. The lowest BCUT2D eigenvalue weighted by Crippen LogP contribution is -2.41. The molecule has 0 saturated heterocycles. The molecule has 0 amide bonds. The summed E-state index contributed by atoms with van der Waals surface area (Å²) in [5.74, 6) is 0. The Labute approximate surface area is 86.0 Å². The van der Waals surface area contributed by atoms with Crippen molar-refractivity contribution in [3.8, 4) is 0 Å². The second-order valence-corrected chi connectivity index (χ2v) is 10.9. The summed E-state index contributed by atoms with van der Waals surface area (Å²) in [5, 5.41) is 6.04. The van der Waals surface area contributed by atoms with Gasteiger partial charge in [0, 0.05) is 0 Å². The van der Waals surface area contributed by atoms with Crippen LogP contribution in [0.15, 0.2) is 29.2 Å². The monoisotopic (exact) mass is 229 g/mol. The van der Waals surface area contributed by atoms with Crippen molar-refractivity contribution < 1.29 is 8.42 Å². The lowest BCUT2D eigenvalue weighted by Gasteiger charge is -2.19. The van der Waals surface area contributed by atoms with Gasteiger partial charge in [-0.05, 0) is 11.3 Å². The highest BCUT2D eigenvalue weighted by Gasteiger charge is 2.24. The van der Waals surface area contributed by atoms with Gasteiger partial charge in [0.15, 0.2) is 0 Å². The molecule has 0 unspecified atom stereocenters. The van der Waals surface area contributed by atoms with Gasteiger partial charge in [-0.3, -0.25) is 0 Å². The van der Waals surface area contributed by atoms with Crippen LogP contribution in [0.1, 0.15) is 0 Å². The van der Waals surface area contributed by atoms with Crippen molar-refractivity contribution in [2.24, 2.45) is 5.14 Å². The third kappa shape index (κ3) is 2.43. The molecule has 1 aromatic rings. The minimum absolute atomic E-state index is 0.277. The molecular formula is C9H15NO2SSi. The number of hydrogen-bond acceptors (Lipinski definition) is 2. The van der Waals surface area contributed by atoms with Gasteiger partial charge in [-0.15, -0.1) is 0 Å². The van der Waals surface area contributed by atoms with Gasteiger partial charge in [-0.25, -0.2) is 13.6 Å². The molecule has 0 radical (unpaired) electrons. The van der Waals surface area contributed by atoms with Crippen LogP contribution in [-0.4, -0.2) is 16.5 Å². The van der Waals surface area contributed by atoms with Crippen molar-refractivity contribution in [2.75, 3.05) is 0 Å². The van der Waals surface area contributed by atoms with E-state index < -0.39 is 18.1 Å². The van der Waals surface area contributed by atoms with Crippen molar-refractivity contribution >= 4 is 23.3 Å². The van der Waals surface area contributed by atoms with Gasteiger partial charge in [0.05, 0.1) is 13.0 Å². The molecule has 0 aromatic heterocycles. The Morgan fingerprint density at radius 2 is 1.64 bits per heavy atom. The molecule has 14 heavy (non-hydrogen) atoms. The number of primary sulfonamides is 1. The van der Waals surface area contributed by atoms with E-state index >= 15 is 0 Å². The summed E-state index contributed by atoms with van der Waals surface area (Å²) in [4.78, 5) is 0.277. The minimum Gasteiger partial charge on any atom is -0.225 e. The van der Waals surface area contributed by atoms with Gasteiger partial charge < -0.3 is 0 Å². The van der Waals surface area contributed by atoms with Crippen LogP contribution >= 0.6 is 0 Å². The number of sulfonamides is 1. The van der Waals surface area contributed by atoms with Gasteiger partial charge in [-0.2, -0.15) is 0 Å². The summed E-state index contributed by atoms with van der Waals surface area (Å²) in [7, 11) is -5.23. The summed E-state index contributed by atoms with van der Waals surface area (Å²) in [6, 6.07) is 6.97. The fraction of sp³-hybridized carbons (Fsp3) is 0.333. The van der Waals surface area contributed by atoms with E-state index in [1.807, 2.05) is 12.1 Å².